The van der Waals surface area contributed by atoms with Gasteiger partial charge in [-0.25, -0.2) is 9.07 Å². The van der Waals surface area contributed by atoms with Crippen LogP contribution in [0.2, 0.25) is 0 Å². The van der Waals surface area contributed by atoms with Crippen LogP contribution in [0.5, 0.6) is 0 Å². The van der Waals surface area contributed by atoms with Crippen LogP contribution in [-0.2, 0) is 19.6 Å². The molecule has 8 heteroatoms. The molecule has 0 unspecified atom stereocenters. The molecule has 3 aromatic carbocycles. The lowest BCUT2D eigenvalue weighted by atomic mass is 10.1. The summed E-state index contributed by atoms with van der Waals surface area (Å²) in [6, 6.07) is 24.4. The molecule has 1 atom stereocenters. The number of halogens is 1. The minimum Gasteiger partial charge on any atom is -0.322 e. The zero-order valence-electron chi connectivity index (χ0n) is 20.9. The Hall–Kier alpha value is -4.17. The first kappa shape index (κ1) is 24.5. The standard InChI is InChI=1S/C29H29FN6O/c1-3-27(28-32-33-34-36(28)18-22-10-13-25(30)14-11-22)35(17-21-7-5-4-6-8-21)19-24-16-23-12-9-20(2)15-26(23)31-29(24)37/h4-16,27H,3,17-19H2,1-2H3,(H,31,37)/t27-/m1/s1. The summed E-state index contributed by atoms with van der Waals surface area (Å²) in [4.78, 5) is 18.4. The minimum absolute atomic E-state index is 0.100. The van der Waals surface area contributed by atoms with Gasteiger partial charge in [0, 0.05) is 24.2 Å². The van der Waals surface area contributed by atoms with Gasteiger partial charge < -0.3 is 4.98 Å². The Morgan fingerprint density at radius 2 is 1.76 bits per heavy atom. The van der Waals surface area contributed by atoms with Gasteiger partial charge in [-0.05, 0) is 70.1 Å². The summed E-state index contributed by atoms with van der Waals surface area (Å²) >= 11 is 0. The SMILES string of the molecule is CC[C@H](c1nnnn1Cc1ccc(F)cc1)N(Cc1ccccc1)Cc1cc2ccc(C)cc2[nH]c1=O. The lowest BCUT2D eigenvalue weighted by Crippen LogP contribution is -2.32. The lowest BCUT2D eigenvalue weighted by molar-refractivity contribution is 0.161. The van der Waals surface area contributed by atoms with E-state index in [9.17, 15) is 9.18 Å². The van der Waals surface area contributed by atoms with Crippen molar-refractivity contribution >= 4 is 10.9 Å². The van der Waals surface area contributed by atoms with Gasteiger partial charge in [0.05, 0.1) is 12.6 Å². The molecule has 188 valence electrons. The topological polar surface area (TPSA) is 79.7 Å². The van der Waals surface area contributed by atoms with Crippen molar-refractivity contribution < 1.29 is 4.39 Å². The molecule has 0 aliphatic carbocycles. The van der Waals surface area contributed by atoms with Crippen molar-refractivity contribution in [1.29, 1.82) is 0 Å². The molecule has 1 N–H and O–H groups in total. The second-order valence-corrected chi connectivity index (χ2v) is 9.35. The maximum atomic E-state index is 13.4. The van der Waals surface area contributed by atoms with Crippen molar-refractivity contribution in [2.24, 2.45) is 0 Å². The number of H-pyrrole nitrogens is 1. The van der Waals surface area contributed by atoms with E-state index in [1.165, 1.54) is 12.1 Å². The van der Waals surface area contributed by atoms with Gasteiger partial charge in [-0.15, -0.1) is 5.10 Å². The van der Waals surface area contributed by atoms with E-state index in [4.69, 9.17) is 0 Å². The Kier molecular flexibility index (Phi) is 7.18. The molecule has 0 bridgehead atoms. The molecule has 2 aromatic heterocycles. The van der Waals surface area contributed by atoms with Crippen LogP contribution < -0.4 is 5.56 Å². The highest BCUT2D eigenvalue weighted by molar-refractivity contribution is 5.79. The molecular weight excluding hydrogens is 467 g/mol. The van der Waals surface area contributed by atoms with Crippen molar-refractivity contribution in [1.82, 2.24) is 30.1 Å². The molecule has 0 amide bonds. The highest BCUT2D eigenvalue weighted by Gasteiger charge is 2.26. The van der Waals surface area contributed by atoms with Gasteiger partial charge in [0.25, 0.3) is 5.56 Å². The van der Waals surface area contributed by atoms with Crippen LogP contribution in [0.25, 0.3) is 10.9 Å². The largest absolute Gasteiger partial charge is 0.322 e. The highest BCUT2D eigenvalue weighted by atomic mass is 19.1. The number of benzene rings is 3. The van der Waals surface area contributed by atoms with Crippen LogP contribution in [-0.4, -0.2) is 30.1 Å². The fraction of sp³-hybridized carbons (Fsp3) is 0.241. The van der Waals surface area contributed by atoms with Crippen molar-refractivity contribution in [2.75, 3.05) is 0 Å². The number of fused-ring (bicyclic) bond motifs is 1. The van der Waals surface area contributed by atoms with Crippen molar-refractivity contribution in [3.05, 3.63) is 123 Å². The van der Waals surface area contributed by atoms with Crippen LogP contribution in [0.3, 0.4) is 0 Å². The van der Waals surface area contributed by atoms with Crippen LogP contribution in [0, 0.1) is 12.7 Å². The molecule has 0 fully saturated rings. The zero-order valence-corrected chi connectivity index (χ0v) is 20.9. The number of pyridine rings is 1. The molecule has 0 radical (unpaired) electrons. The first-order valence-corrected chi connectivity index (χ1v) is 12.4. The second kappa shape index (κ2) is 10.8. The smallest absolute Gasteiger partial charge is 0.252 e. The van der Waals surface area contributed by atoms with Gasteiger partial charge in [-0.1, -0.05) is 61.5 Å². The molecule has 0 aliphatic rings. The maximum Gasteiger partial charge on any atom is 0.252 e. The number of hydrogen-bond donors (Lipinski definition) is 1. The van der Waals surface area contributed by atoms with Crippen LogP contribution in [0.1, 0.15) is 47.5 Å². The number of tetrazole rings is 1. The van der Waals surface area contributed by atoms with Gasteiger partial charge in [-0.2, -0.15) is 0 Å². The first-order valence-electron chi connectivity index (χ1n) is 12.4. The monoisotopic (exact) mass is 496 g/mol. The van der Waals surface area contributed by atoms with Crippen LogP contribution >= 0.6 is 0 Å². The number of rotatable bonds is 9. The van der Waals surface area contributed by atoms with Crippen LogP contribution in [0.15, 0.2) is 83.7 Å². The van der Waals surface area contributed by atoms with E-state index < -0.39 is 0 Å². The predicted molar refractivity (Wildman–Crippen MR) is 141 cm³/mol. The molecule has 7 nitrogen and oxygen atoms in total. The van der Waals surface area contributed by atoms with E-state index in [2.05, 4.69) is 44.5 Å². The quantitative estimate of drug-likeness (QED) is 0.305. The van der Waals surface area contributed by atoms with Crippen molar-refractivity contribution in [3.8, 4) is 0 Å². The highest BCUT2D eigenvalue weighted by Crippen LogP contribution is 2.27. The lowest BCUT2D eigenvalue weighted by Gasteiger charge is -2.30. The number of nitrogens with one attached hydrogen (secondary N) is 1. The molecule has 0 saturated heterocycles. The van der Waals surface area contributed by atoms with Crippen LogP contribution in [0.4, 0.5) is 4.39 Å². The molecule has 0 saturated carbocycles. The van der Waals surface area contributed by atoms with Crippen molar-refractivity contribution in [3.63, 3.8) is 0 Å². The number of aromatic amines is 1. The van der Waals surface area contributed by atoms with E-state index >= 15 is 0 Å². The summed E-state index contributed by atoms with van der Waals surface area (Å²) in [5.41, 5.74) is 4.55. The van der Waals surface area contributed by atoms with E-state index in [0.29, 0.717) is 31.0 Å². The van der Waals surface area contributed by atoms with E-state index in [-0.39, 0.29) is 17.4 Å². The molecule has 5 aromatic rings. The van der Waals surface area contributed by atoms with Gasteiger partial charge in [-0.3, -0.25) is 9.69 Å². The average molecular weight is 497 g/mol. The van der Waals surface area contributed by atoms with Gasteiger partial charge in [0.15, 0.2) is 5.82 Å². The Balaban J connectivity index is 1.50. The molecule has 37 heavy (non-hydrogen) atoms. The summed E-state index contributed by atoms with van der Waals surface area (Å²) in [5.74, 6) is 0.424. The number of aromatic nitrogens is 5. The van der Waals surface area contributed by atoms with Gasteiger partial charge >= 0.3 is 0 Å². The predicted octanol–water partition coefficient (Wildman–Crippen LogP) is 5.16. The third kappa shape index (κ3) is 5.65. The summed E-state index contributed by atoms with van der Waals surface area (Å²) in [7, 11) is 0. The third-order valence-corrected chi connectivity index (χ3v) is 6.61. The Labute approximate surface area is 214 Å². The summed E-state index contributed by atoms with van der Waals surface area (Å²) in [6.45, 7) is 5.57. The van der Waals surface area contributed by atoms with Gasteiger partial charge in [0.2, 0.25) is 0 Å². The Bertz CT molecular complexity index is 1540. The summed E-state index contributed by atoms with van der Waals surface area (Å²) < 4.78 is 15.2. The Morgan fingerprint density at radius 1 is 0.973 bits per heavy atom. The minimum atomic E-state index is -0.281. The zero-order chi connectivity index (χ0) is 25.8. The fourth-order valence-electron chi connectivity index (χ4n) is 4.72. The van der Waals surface area contributed by atoms with E-state index in [0.717, 1.165) is 34.0 Å². The number of aryl methyl sites for hydroxylation is 1. The van der Waals surface area contributed by atoms with Crippen molar-refractivity contribution in [2.45, 2.75) is 45.9 Å². The van der Waals surface area contributed by atoms with E-state index in [1.807, 2.05) is 49.4 Å². The van der Waals surface area contributed by atoms with Gasteiger partial charge in [0.1, 0.15) is 5.82 Å². The molecule has 0 aliphatic heterocycles. The maximum absolute atomic E-state index is 13.4. The average Bonchev–Trinajstić information content (AvgIpc) is 3.34. The number of hydrogen-bond acceptors (Lipinski definition) is 5. The molecule has 5 rings (SSSR count). The third-order valence-electron chi connectivity index (χ3n) is 6.61. The molecule has 2 heterocycles. The summed E-state index contributed by atoms with van der Waals surface area (Å²) in [5, 5.41) is 13.6. The molecule has 0 spiro atoms. The Morgan fingerprint density at radius 3 is 2.51 bits per heavy atom. The number of nitrogens with zero attached hydrogens (tertiary/aromatic N) is 5. The normalized spacial score (nSPS) is 12.3. The molecular formula is C29H29FN6O. The summed E-state index contributed by atoms with van der Waals surface area (Å²) in [6.07, 6.45) is 0.737. The first-order chi connectivity index (χ1) is 18.0. The second-order valence-electron chi connectivity index (χ2n) is 9.35. The fourth-order valence-corrected chi connectivity index (χ4v) is 4.72. The van der Waals surface area contributed by atoms with E-state index in [1.54, 1.807) is 16.8 Å².